The van der Waals surface area contributed by atoms with Crippen LogP contribution in [0.1, 0.15) is 11.1 Å². The van der Waals surface area contributed by atoms with E-state index in [0.29, 0.717) is 6.07 Å². The molecular weight excluding hydrogens is 217 g/mol. The summed E-state index contributed by atoms with van der Waals surface area (Å²) >= 11 is 3.57. The van der Waals surface area contributed by atoms with Gasteiger partial charge in [-0.05, 0) is 0 Å². The van der Waals surface area contributed by atoms with Gasteiger partial charge in [-0.3, -0.25) is 4.79 Å². The average Bonchev–Trinajstić information content (AvgIpc) is 2.01. The summed E-state index contributed by atoms with van der Waals surface area (Å²) in [5.74, 6) is 0. The van der Waals surface area contributed by atoms with Gasteiger partial charge in [0.1, 0.15) is 6.07 Å². The second-order valence-electron chi connectivity index (χ2n) is 2.38. The molecule has 74 valence electrons. The number of halogens is 3. The second-order valence-corrected chi connectivity index (χ2v) is 2.83. The van der Waals surface area contributed by atoms with Gasteiger partial charge in [-0.1, -0.05) is 0 Å². The molecule has 0 aliphatic heterocycles. The smallest absolute Gasteiger partial charge is 0.316 e. The van der Waals surface area contributed by atoms with Crippen molar-refractivity contribution in [1.29, 1.82) is 5.26 Å². The Morgan fingerprint density at radius 2 is 2.07 bits per heavy atom. The van der Waals surface area contributed by atoms with Crippen molar-refractivity contribution in [2.45, 2.75) is 11.2 Å². The lowest BCUT2D eigenvalue weighted by Crippen LogP contribution is -2.16. The van der Waals surface area contributed by atoms with Crippen LogP contribution < -0.4 is 5.56 Å². The van der Waals surface area contributed by atoms with E-state index in [1.807, 2.05) is 4.98 Å². The quantitative estimate of drug-likeness (QED) is 0.652. The third-order valence-corrected chi connectivity index (χ3v) is 1.78. The number of pyridine rings is 1. The van der Waals surface area contributed by atoms with Gasteiger partial charge in [0, 0.05) is 6.07 Å². The molecule has 0 spiro atoms. The van der Waals surface area contributed by atoms with Crippen molar-refractivity contribution in [3.05, 3.63) is 27.5 Å². The number of rotatable bonds is 0. The zero-order valence-corrected chi connectivity index (χ0v) is 7.41. The molecule has 0 saturated heterocycles. The fourth-order valence-corrected chi connectivity index (χ4v) is 1.16. The van der Waals surface area contributed by atoms with E-state index in [9.17, 15) is 18.0 Å². The molecule has 0 unspecified atom stereocenters. The highest BCUT2D eigenvalue weighted by Crippen LogP contribution is 2.32. The van der Waals surface area contributed by atoms with Gasteiger partial charge >= 0.3 is 6.18 Å². The summed E-state index contributed by atoms with van der Waals surface area (Å²) in [6, 6.07) is 1.66. The summed E-state index contributed by atoms with van der Waals surface area (Å²) in [6.45, 7) is 0. The monoisotopic (exact) mass is 220 g/mol. The number of aromatic amines is 1. The number of thiol groups is 1. The Morgan fingerprint density at radius 1 is 1.50 bits per heavy atom. The Hall–Kier alpha value is -1.42. The molecule has 0 radical (unpaired) electrons. The number of alkyl halides is 3. The van der Waals surface area contributed by atoms with Crippen LogP contribution in [0.2, 0.25) is 0 Å². The third kappa shape index (κ3) is 1.90. The van der Waals surface area contributed by atoms with Crippen LogP contribution in [-0.4, -0.2) is 4.98 Å². The molecule has 0 fully saturated rings. The van der Waals surface area contributed by atoms with Gasteiger partial charge in [0.15, 0.2) is 0 Å². The molecule has 0 amide bonds. The van der Waals surface area contributed by atoms with E-state index in [1.54, 1.807) is 0 Å². The molecule has 3 nitrogen and oxygen atoms in total. The molecule has 0 atom stereocenters. The third-order valence-electron chi connectivity index (χ3n) is 1.44. The van der Waals surface area contributed by atoms with Gasteiger partial charge in [0.05, 0.1) is 16.2 Å². The number of nitrogens with one attached hydrogen (secondary N) is 1. The molecule has 7 heteroatoms. The summed E-state index contributed by atoms with van der Waals surface area (Å²) < 4.78 is 36.8. The molecule has 1 N–H and O–H groups in total. The number of hydrogen-bond acceptors (Lipinski definition) is 3. The maximum atomic E-state index is 12.3. The van der Waals surface area contributed by atoms with Crippen LogP contribution in [0.5, 0.6) is 0 Å². The van der Waals surface area contributed by atoms with Gasteiger partial charge in [-0.2, -0.15) is 18.4 Å². The summed E-state index contributed by atoms with van der Waals surface area (Å²) in [4.78, 5) is 12.7. The van der Waals surface area contributed by atoms with Crippen LogP contribution in [0.25, 0.3) is 0 Å². The van der Waals surface area contributed by atoms with Crippen LogP contribution >= 0.6 is 12.6 Å². The summed E-state index contributed by atoms with van der Waals surface area (Å²) in [5, 5.41) is 8.05. The molecule has 1 aromatic rings. The number of H-pyrrole nitrogens is 1. The van der Waals surface area contributed by atoms with Crippen LogP contribution in [0, 0.1) is 11.3 Å². The summed E-state index contributed by atoms with van der Waals surface area (Å²) in [6.07, 6.45) is -4.73. The van der Waals surface area contributed by atoms with E-state index >= 15 is 0 Å². The zero-order chi connectivity index (χ0) is 10.9. The molecule has 0 bridgehead atoms. The van der Waals surface area contributed by atoms with Gasteiger partial charge in [0.2, 0.25) is 5.56 Å². The van der Waals surface area contributed by atoms with E-state index < -0.39 is 22.9 Å². The first kappa shape index (κ1) is 10.7. The molecular formula is C7H3F3N2OS. The first-order valence-electron chi connectivity index (χ1n) is 3.30. The maximum Gasteiger partial charge on any atom is 0.417 e. The van der Waals surface area contributed by atoms with E-state index in [0.717, 1.165) is 0 Å². The van der Waals surface area contributed by atoms with Gasteiger partial charge in [-0.25, -0.2) is 0 Å². The maximum absolute atomic E-state index is 12.3. The average molecular weight is 220 g/mol. The standard InChI is InChI=1S/C7H3F3N2OS/c8-7(9,10)4-1-5(13)12-6(14)3(4)2-11/h1H,(H2,12,13,14). The first-order valence-corrected chi connectivity index (χ1v) is 3.74. The molecule has 14 heavy (non-hydrogen) atoms. The van der Waals surface area contributed by atoms with Crippen molar-refractivity contribution in [2.75, 3.05) is 0 Å². The minimum atomic E-state index is -4.73. The lowest BCUT2D eigenvalue weighted by Gasteiger charge is -2.08. The zero-order valence-electron chi connectivity index (χ0n) is 6.51. The molecule has 1 rings (SSSR count). The topological polar surface area (TPSA) is 56.6 Å². The lowest BCUT2D eigenvalue weighted by atomic mass is 10.1. The highest BCUT2D eigenvalue weighted by atomic mass is 32.1. The van der Waals surface area contributed by atoms with Gasteiger partial charge in [-0.15, -0.1) is 12.6 Å². The predicted molar refractivity (Wildman–Crippen MR) is 44.0 cm³/mol. The van der Waals surface area contributed by atoms with E-state index in [2.05, 4.69) is 12.6 Å². The van der Waals surface area contributed by atoms with Crippen LogP contribution in [-0.2, 0) is 6.18 Å². The molecule has 1 aromatic heterocycles. The highest BCUT2D eigenvalue weighted by molar-refractivity contribution is 7.80. The number of nitrogens with zero attached hydrogens (tertiary/aromatic N) is 1. The molecule has 1 heterocycles. The van der Waals surface area contributed by atoms with Crippen LogP contribution in [0.15, 0.2) is 15.9 Å². The SMILES string of the molecule is N#Cc1c(C(F)(F)F)cc(=O)[nH]c1S. The molecule has 0 aliphatic rings. The minimum Gasteiger partial charge on any atom is -0.316 e. The second kappa shape index (κ2) is 3.38. The number of hydrogen-bond donors (Lipinski definition) is 2. The van der Waals surface area contributed by atoms with E-state index in [1.165, 1.54) is 6.07 Å². The van der Waals surface area contributed by atoms with Gasteiger partial charge < -0.3 is 4.98 Å². The van der Waals surface area contributed by atoms with E-state index in [-0.39, 0.29) is 5.03 Å². The van der Waals surface area contributed by atoms with Gasteiger partial charge in [0.25, 0.3) is 0 Å². The highest BCUT2D eigenvalue weighted by Gasteiger charge is 2.35. The number of aromatic nitrogens is 1. The molecule has 0 aliphatic carbocycles. The Kier molecular flexibility index (Phi) is 2.57. The van der Waals surface area contributed by atoms with E-state index in [4.69, 9.17) is 5.26 Å². The first-order chi connectivity index (χ1) is 6.36. The molecule has 0 saturated carbocycles. The Bertz CT molecular complexity index is 457. The Morgan fingerprint density at radius 3 is 2.50 bits per heavy atom. The lowest BCUT2D eigenvalue weighted by molar-refractivity contribution is -0.138. The minimum absolute atomic E-state index is 0.332. The van der Waals surface area contributed by atoms with Crippen molar-refractivity contribution in [1.82, 2.24) is 4.98 Å². The largest absolute Gasteiger partial charge is 0.417 e. The van der Waals surface area contributed by atoms with Crippen molar-refractivity contribution >= 4 is 12.6 Å². The summed E-state index contributed by atoms with van der Waals surface area (Å²) in [5.41, 5.74) is -2.89. The van der Waals surface area contributed by atoms with Crippen molar-refractivity contribution in [3.8, 4) is 6.07 Å². The van der Waals surface area contributed by atoms with Crippen LogP contribution in [0.3, 0.4) is 0 Å². The normalized spacial score (nSPS) is 11.1. The number of nitriles is 1. The molecule has 0 aromatic carbocycles. The summed E-state index contributed by atoms with van der Waals surface area (Å²) in [7, 11) is 0. The Balaban J connectivity index is 3.59. The Labute approximate surface area is 81.6 Å². The van der Waals surface area contributed by atoms with Crippen molar-refractivity contribution in [2.24, 2.45) is 0 Å². The predicted octanol–water partition coefficient (Wildman–Crippen LogP) is 1.55. The fraction of sp³-hybridized carbons (Fsp3) is 0.143. The fourth-order valence-electron chi connectivity index (χ4n) is 0.883. The van der Waals surface area contributed by atoms with Crippen molar-refractivity contribution < 1.29 is 13.2 Å². The van der Waals surface area contributed by atoms with Crippen LogP contribution in [0.4, 0.5) is 13.2 Å². The van der Waals surface area contributed by atoms with Crippen molar-refractivity contribution in [3.63, 3.8) is 0 Å².